The summed E-state index contributed by atoms with van der Waals surface area (Å²) in [5, 5.41) is 11.0. The van der Waals surface area contributed by atoms with Crippen molar-refractivity contribution in [2.75, 3.05) is 45.8 Å². The molecule has 0 saturated carbocycles. The van der Waals surface area contributed by atoms with Crippen molar-refractivity contribution in [3.8, 4) is 11.3 Å². The Labute approximate surface area is 322 Å². The molecule has 3 aliphatic heterocycles. The van der Waals surface area contributed by atoms with Crippen LogP contribution >= 0.6 is 0 Å². The summed E-state index contributed by atoms with van der Waals surface area (Å²) in [7, 11) is 2.57. The number of nitrogens with one attached hydrogen (secondary N) is 4. The van der Waals surface area contributed by atoms with E-state index in [4.69, 9.17) is 23.9 Å². The normalized spacial score (nSPS) is 21.3. The first-order valence-electron chi connectivity index (χ1n) is 19.4. The van der Waals surface area contributed by atoms with Gasteiger partial charge in [0.25, 0.3) is 0 Å². The first kappa shape index (κ1) is 39.8. The van der Waals surface area contributed by atoms with Crippen LogP contribution in [0.4, 0.5) is 15.3 Å². The fraction of sp³-hybridized carbons (Fsp3) is 0.575. The van der Waals surface area contributed by atoms with Crippen LogP contribution in [0.1, 0.15) is 77.4 Å². The van der Waals surface area contributed by atoms with E-state index in [1.165, 1.54) is 14.2 Å². The van der Waals surface area contributed by atoms with Crippen LogP contribution in [0.5, 0.6) is 0 Å². The highest BCUT2D eigenvalue weighted by molar-refractivity contribution is 5.90. The summed E-state index contributed by atoms with van der Waals surface area (Å²) in [5.41, 5.74) is 3.36. The van der Waals surface area contributed by atoms with E-state index < -0.39 is 30.3 Å². The van der Waals surface area contributed by atoms with Gasteiger partial charge >= 0.3 is 12.2 Å². The molecular formula is C40H55N7O8. The number of aromatic amines is 1. The molecule has 2 fully saturated rings. The molecule has 55 heavy (non-hydrogen) atoms. The van der Waals surface area contributed by atoms with Crippen LogP contribution in [-0.2, 0) is 35.1 Å². The summed E-state index contributed by atoms with van der Waals surface area (Å²) < 4.78 is 21.9. The highest BCUT2D eigenvalue weighted by atomic mass is 16.5. The van der Waals surface area contributed by atoms with Crippen LogP contribution < -0.4 is 16.0 Å². The molecular weight excluding hydrogens is 706 g/mol. The first-order valence-corrected chi connectivity index (χ1v) is 19.4. The highest BCUT2D eigenvalue weighted by Gasteiger charge is 2.42. The van der Waals surface area contributed by atoms with Crippen LogP contribution in [0.2, 0.25) is 0 Å². The van der Waals surface area contributed by atoms with Crippen molar-refractivity contribution >= 4 is 40.5 Å². The van der Waals surface area contributed by atoms with Crippen LogP contribution in [-0.4, -0.2) is 109 Å². The second kappa shape index (κ2) is 17.7. The molecule has 2 aromatic carbocycles. The zero-order valence-corrected chi connectivity index (χ0v) is 32.7. The molecule has 0 spiro atoms. The number of aromatic nitrogens is 2. The topological polar surface area (TPSA) is 176 Å². The Morgan fingerprint density at radius 3 is 2.20 bits per heavy atom. The number of carbonyl (C=O) groups excluding carboxylic acids is 4. The Hall–Kier alpha value is -4.89. The Morgan fingerprint density at radius 1 is 0.855 bits per heavy atom. The molecule has 3 aliphatic rings. The van der Waals surface area contributed by atoms with Gasteiger partial charge in [-0.1, -0.05) is 45.9 Å². The lowest BCUT2D eigenvalue weighted by Gasteiger charge is -2.31. The summed E-state index contributed by atoms with van der Waals surface area (Å²) in [4.78, 5) is 64.0. The predicted octanol–water partition coefficient (Wildman–Crippen LogP) is 5.32. The quantitative estimate of drug-likeness (QED) is 0.223. The zero-order valence-electron chi connectivity index (χ0n) is 32.7. The molecule has 5 atom stereocenters. The monoisotopic (exact) mass is 761 g/mol. The lowest BCUT2D eigenvalue weighted by Crippen LogP contribution is -2.53. The number of H-pyrrole nitrogens is 1. The Balaban J connectivity index is 1.25. The number of nitrogens with zero attached hydrogens (tertiary/aromatic N) is 3. The van der Waals surface area contributed by atoms with Crippen LogP contribution in [0, 0.1) is 11.8 Å². The van der Waals surface area contributed by atoms with E-state index in [0.29, 0.717) is 45.2 Å². The Morgan fingerprint density at radius 2 is 1.51 bits per heavy atom. The second-order valence-corrected chi connectivity index (χ2v) is 15.3. The largest absolute Gasteiger partial charge is 0.453 e. The van der Waals surface area contributed by atoms with Gasteiger partial charge in [-0.05, 0) is 66.5 Å². The first-order chi connectivity index (χ1) is 26.5. The van der Waals surface area contributed by atoms with Crippen molar-refractivity contribution in [1.82, 2.24) is 30.4 Å². The van der Waals surface area contributed by atoms with Crippen LogP contribution in [0.3, 0.4) is 0 Å². The maximum absolute atomic E-state index is 14.1. The van der Waals surface area contributed by atoms with E-state index in [0.717, 1.165) is 59.1 Å². The molecule has 298 valence electrons. The minimum Gasteiger partial charge on any atom is -0.453 e. The van der Waals surface area contributed by atoms with Crippen LogP contribution in [0.25, 0.3) is 22.0 Å². The number of amides is 4. The van der Waals surface area contributed by atoms with E-state index in [1.807, 2.05) is 45.9 Å². The Kier molecular flexibility index (Phi) is 12.8. The van der Waals surface area contributed by atoms with Gasteiger partial charge in [0.2, 0.25) is 11.8 Å². The lowest BCUT2D eigenvalue weighted by molar-refractivity contribution is -0.136. The number of methoxy groups -OCH3 is 2. The number of carbonyl (C=O) groups is 4. The lowest BCUT2D eigenvalue weighted by atomic mass is 10.0. The molecule has 1 aromatic heterocycles. The predicted molar refractivity (Wildman–Crippen MR) is 206 cm³/mol. The fourth-order valence-corrected chi connectivity index (χ4v) is 7.69. The van der Waals surface area contributed by atoms with Gasteiger partial charge in [0.05, 0.1) is 44.4 Å². The van der Waals surface area contributed by atoms with E-state index >= 15 is 0 Å². The van der Waals surface area contributed by atoms with E-state index in [-0.39, 0.29) is 35.9 Å². The number of imidazole rings is 1. The summed E-state index contributed by atoms with van der Waals surface area (Å²) in [5.74, 6) is 0.0162. The standard InChI is InChI=1S/C40H55N7O8/c1-23(2)33(44-39(50)52-5)37(48)46-15-9-10-32(46)41-28-14-13-25-18-27(12-11-26(25)19-28)35-30-22-54-16-7-8-17-55-29-20-31(36(42-30)43-35)47(21-29)38(49)34(24(3)4)45-40(51)53-6/h11-14,18-19,23-24,29,31-34,41H,7-10,15-17,20-22H2,1-6H3,(H,42,43)(H,44,50)(H,45,51)/t29-,31-,32-,33-,34-/m0/s1. The SMILES string of the molecule is COC(=O)N[C@H](C(=O)N1CCC[C@H]1Nc1ccc2cc(-c3nc4[nH]c3COCCCCO[C@H]3C[C@@H]4N(C(=O)[C@@H](NC(=O)OC)C(C)C)C3)ccc2c1)C(C)C. The molecule has 15 heteroatoms. The van der Waals surface area contributed by atoms with Crippen molar-refractivity contribution in [2.45, 2.75) is 96.8 Å². The highest BCUT2D eigenvalue weighted by Crippen LogP contribution is 2.37. The third-order valence-corrected chi connectivity index (χ3v) is 10.7. The van der Waals surface area contributed by atoms with Crippen molar-refractivity contribution < 1.29 is 38.1 Å². The molecule has 4 heterocycles. The molecule has 4 bridgehead atoms. The number of benzene rings is 2. The summed E-state index contributed by atoms with van der Waals surface area (Å²) in [6.07, 6.45) is 2.22. The van der Waals surface area contributed by atoms with Crippen molar-refractivity contribution in [3.63, 3.8) is 0 Å². The Bertz CT molecular complexity index is 1850. The third kappa shape index (κ3) is 9.16. The third-order valence-electron chi connectivity index (χ3n) is 10.7. The molecule has 2 saturated heterocycles. The minimum absolute atomic E-state index is 0.107. The smallest absolute Gasteiger partial charge is 0.407 e. The fourth-order valence-electron chi connectivity index (χ4n) is 7.69. The van der Waals surface area contributed by atoms with Crippen molar-refractivity contribution in [1.29, 1.82) is 0 Å². The molecule has 0 unspecified atom stereocenters. The second-order valence-electron chi connectivity index (χ2n) is 15.3. The average Bonchev–Trinajstić information content (AvgIpc) is 3.93. The van der Waals surface area contributed by atoms with Gasteiger partial charge in [0, 0.05) is 44.0 Å². The number of rotatable bonds is 9. The number of fused-ring (bicyclic) bond motifs is 6. The number of anilines is 1. The number of alkyl carbamates (subject to hydrolysis) is 2. The molecule has 15 nitrogen and oxygen atoms in total. The summed E-state index contributed by atoms with van der Waals surface area (Å²) in [6.45, 7) is 10.1. The van der Waals surface area contributed by atoms with Gasteiger partial charge in [-0.3, -0.25) is 9.59 Å². The maximum Gasteiger partial charge on any atom is 0.407 e. The van der Waals surface area contributed by atoms with Crippen LogP contribution in [0.15, 0.2) is 36.4 Å². The van der Waals surface area contributed by atoms with Crippen molar-refractivity contribution in [3.05, 3.63) is 47.9 Å². The van der Waals surface area contributed by atoms with E-state index in [2.05, 4.69) is 39.1 Å². The molecule has 0 radical (unpaired) electrons. The van der Waals surface area contributed by atoms with Gasteiger partial charge in [-0.25, -0.2) is 14.6 Å². The molecule has 3 aromatic rings. The number of ether oxygens (including phenoxy) is 4. The number of likely N-dealkylation sites (tertiary alicyclic amines) is 2. The number of hydrogen-bond donors (Lipinski definition) is 4. The molecule has 4 N–H and O–H groups in total. The summed E-state index contributed by atoms with van der Waals surface area (Å²) in [6, 6.07) is 10.5. The minimum atomic E-state index is -0.776. The molecule has 0 aliphatic carbocycles. The van der Waals surface area contributed by atoms with Gasteiger partial charge in [0.15, 0.2) is 0 Å². The summed E-state index contributed by atoms with van der Waals surface area (Å²) >= 11 is 0. The van der Waals surface area contributed by atoms with Gasteiger partial charge in [0.1, 0.15) is 24.1 Å². The maximum atomic E-state index is 14.1. The zero-order chi connectivity index (χ0) is 39.2. The van der Waals surface area contributed by atoms with Gasteiger partial charge < -0.3 is 49.7 Å². The van der Waals surface area contributed by atoms with E-state index in [1.54, 1.807) is 9.80 Å². The number of hydrogen-bond acceptors (Lipinski definition) is 10. The molecule has 4 amide bonds. The van der Waals surface area contributed by atoms with Crippen molar-refractivity contribution in [2.24, 2.45) is 11.8 Å². The molecule has 6 rings (SSSR count). The van der Waals surface area contributed by atoms with Gasteiger partial charge in [-0.2, -0.15) is 0 Å². The van der Waals surface area contributed by atoms with Gasteiger partial charge in [-0.15, -0.1) is 0 Å². The van der Waals surface area contributed by atoms with E-state index in [9.17, 15) is 19.2 Å². The average molecular weight is 762 g/mol.